The molecule has 6 nitrogen and oxygen atoms in total. The summed E-state index contributed by atoms with van der Waals surface area (Å²) in [5.74, 6) is 0.0714. The molecule has 0 unspecified atom stereocenters. The molecule has 0 fully saturated rings. The van der Waals surface area contributed by atoms with Crippen molar-refractivity contribution in [3.63, 3.8) is 0 Å². The van der Waals surface area contributed by atoms with Gasteiger partial charge in [-0.25, -0.2) is 9.37 Å². The predicted octanol–water partition coefficient (Wildman–Crippen LogP) is 2.31. The van der Waals surface area contributed by atoms with Crippen LogP contribution in [0.3, 0.4) is 0 Å². The fourth-order valence-electron chi connectivity index (χ4n) is 1.41. The molecule has 3 rings (SSSR count). The molecule has 3 aromatic rings. The number of nitrogens with one attached hydrogen (secondary N) is 1. The molecule has 90 valence electrons. The van der Waals surface area contributed by atoms with Crippen LogP contribution in [0.15, 0.2) is 29.0 Å². The minimum absolute atomic E-state index is 0.0515. The van der Waals surface area contributed by atoms with Crippen molar-refractivity contribution in [1.29, 1.82) is 0 Å². The number of hydrogen-bond acceptors (Lipinski definition) is 5. The molecule has 8 heteroatoms. The number of rotatable bonds is 2. The predicted molar refractivity (Wildman–Crippen MR) is 60.1 cm³/mol. The average molecular weight is 266 g/mol. The first-order valence-electron chi connectivity index (χ1n) is 4.89. The van der Waals surface area contributed by atoms with Gasteiger partial charge in [-0.15, -0.1) is 0 Å². The molecular formula is C10H5ClFN5O. The third-order valence-corrected chi connectivity index (χ3v) is 2.45. The number of benzene rings is 1. The summed E-state index contributed by atoms with van der Waals surface area (Å²) in [5, 5.41) is 10.2. The fourth-order valence-corrected chi connectivity index (χ4v) is 1.56. The van der Waals surface area contributed by atoms with Crippen molar-refractivity contribution in [2.75, 3.05) is 0 Å². The van der Waals surface area contributed by atoms with Crippen LogP contribution in [0.1, 0.15) is 0 Å². The van der Waals surface area contributed by atoms with Gasteiger partial charge in [0.05, 0.1) is 5.56 Å². The van der Waals surface area contributed by atoms with Gasteiger partial charge >= 0.3 is 0 Å². The van der Waals surface area contributed by atoms with Gasteiger partial charge in [0, 0.05) is 5.02 Å². The van der Waals surface area contributed by atoms with Crippen LogP contribution in [0.25, 0.3) is 23.1 Å². The number of hydrogen-bond donors (Lipinski definition) is 1. The lowest BCUT2D eigenvalue weighted by Crippen LogP contribution is -1.86. The van der Waals surface area contributed by atoms with Gasteiger partial charge in [-0.05, 0) is 18.2 Å². The van der Waals surface area contributed by atoms with Gasteiger partial charge in [-0.1, -0.05) is 16.8 Å². The molecule has 2 aromatic heterocycles. The Hall–Kier alpha value is -2.28. The molecule has 0 amide bonds. The summed E-state index contributed by atoms with van der Waals surface area (Å²) in [6.07, 6.45) is 1.31. The van der Waals surface area contributed by atoms with Crippen LogP contribution in [0.2, 0.25) is 5.02 Å². The van der Waals surface area contributed by atoms with E-state index in [0.717, 1.165) is 0 Å². The SMILES string of the molecule is Fc1cc(Cl)ccc1-c1nc(-c2ncn[nH]2)no1. The van der Waals surface area contributed by atoms with Crippen molar-refractivity contribution < 1.29 is 8.91 Å². The highest BCUT2D eigenvalue weighted by Crippen LogP contribution is 2.25. The highest BCUT2D eigenvalue weighted by atomic mass is 35.5. The van der Waals surface area contributed by atoms with E-state index >= 15 is 0 Å². The van der Waals surface area contributed by atoms with Crippen LogP contribution in [-0.2, 0) is 0 Å². The van der Waals surface area contributed by atoms with Crippen molar-refractivity contribution in [1.82, 2.24) is 25.3 Å². The molecule has 0 atom stereocenters. The Balaban J connectivity index is 2.03. The van der Waals surface area contributed by atoms with Crippen LogP contribution in [-0.4, -0.2) is 25.3 Å². The topological polar surface area (TPSA) is 80.5 Å². The standard InChI is InChI=1S/C10H5ClFN5O/c11-5-1-2-6(7(12)3-5)10-15-9(17-18-10)8-13-4-14-16-8/h1-4H,(H,13,14,16). The van der Waals surface area contributed by atoms with E-state index in [1.807, 2.05) is 0 Å². The third-order valence-electron chi connectivity index (χ3n) is 2.21. The highest BCUT2D eigenvalue weighted by Gasteiger charge is 2.15. The Bertz CT molecular complexity index is 681. The van der Waals surface area contributed by atoms with E-state index in [-0.39, 0.29) is 17.3 Å². The first kappa shape index (κ1) is 10.8. The average Bonchev–Trinajstić information content (AvgIpc) is 2.99. The van der Waals surface area contributed by atoms with E-state index in [4.69, 9.17) is 16.1 Å². The molecular weight excluding hydrogens is 261 g/mol. The van der Waals surface area contributed by atoms with E-state index < -0.39 is 5.82 Å². The van der Waals surface area contributed by atoms with E-state index in [1.165, 1.54) is 24.5 Å². The zero-order chi connectivity index (χ0) is 12.5. The van der Waals surface area contributed by atoms with E-state index in [1.54, 1.807) is 0 Å². The molecule has 2 heterocycles. The molecule has 0 aliphatic carbocycles. The number of H-pyrrole nitrogens is 1. The number of nitrogens with zero attached hydrogens (tertiary/aromatic N) is 4. The third kappa shape index (κ3) is 1.84. The van der Waals surface area contributed by atoms with Crippen molar-refractivity contribution >= 4 is 11.6 Å². The quantitative estimate of drug-likeness (QED) is 0.769. The van der Waals surface area contributed by atoms with Crippen LogP contribution >= 0.6 is 11.6 Å². The van der Waals surface area contributed by atoms with Crippen molar-refractivity contribution in [3.05, 3.63) is 35.4 Å². The maximum atomic E-state index is 13.6. The number of aromatic amines is 1. The first-order chi connectivity index (χ1) is 8.74. The summed E-state index contributed by atoms with van der Waals surface area (Å²) in [6, 6.07) is 4.18. The Morgan fingerprint density at radius 2 is 2.22 bits per heavy atom. The molecule has 0 spiro atoms. The van der Waals surface area contributed by atoms with Crippen molar-refractivity contribution in [3.8, 4) is 23.1 Å². The molecule has 1 aromatic carbocycles. The van der Waals surface area contributed by atoms with Crippen LogP contribution in [0, 0.1) is 5.82 Å². The lowest BCUT2D eigenvalue weighted by molar-refractivity contribution is 0.429. The van der Waals surface area contributed by atoms with E-state index in [9.17, 15) is 4.39 Å². The smallest absolute Gasteiger partial charge is 0.261 e. The molecule has 0 saturated heterocycles. The van der Waals surface area contributed by atoms with Crippen LogP contribution in [0.4, 0.5) is 4.39 Å². The second kappa shape index (κ2) is 4.19. The highest BCUT2D eigenvalue weighted by molar-refractivity contribution is 6.30. The van der Waals surface area contributed by atoms with Gasteiger partial charge in [0.2, 0.25) is 5.82 Å². The lowest BCUT2D eigenvalue weighted by atomic mass is 10.2. The summed E-state index contributed by atoms with van der Waals surface area (Å²) in [6.45, 7) is 0. The van der Waals surface area contributed by atoms with Gasteiger partial charge < -0.3 is 4.52 Å². The van der Waals surface area contributed by atoms with Crippen LogP contribution in [0.5, 0.6) is 0 Å². The van der Waals surface area contributed by atoms with Crippen molar-refractivity contribution in [2.45, 2.75) is 0 Å². The normalized spacial score (nSPS) is 10.8. The summed E-state index contributed by atoms with van der Waals surface area (Å²) in [7, 11) is 0. The zero-order valence-corrected chi connectivity index (χ0v) is 9.52. The Kier molecular flexibility index (Phi) is 2.52. The summed E-state index contributed by atoms with van der Waals surface area (Å²) < 4.78 is 18.6. The Morgan fingerprint density at radius 3 is 2.94 bits per heavy atom. The molecule has 18 heavy (non-hydrogen) atoms. The van der Waals surface area contributed by atoms with Gasteiger partial charge in [0.25, 0.3) is 5.89 Å². The second-order valence-electron chi connectivity index (χ2n) is 3.38. The molecule has 0 aliphatic rings. The molecule has 0 saturated carbocycles. The molecule has 0 radical (unpaired) electrons. The molecule has 0 aliphatic heterocycles. The fraction of sp³-hybridized carbons (Fsp3) is 0. The molecule has 0 bridgehead atoms. The maximum absolute atomic E-state index is 13.6. The zero-order valence-electron chi connectivity index (χ0n) is 8.76. The minimum Gasteiger partial charge on any atom is -0.333 e. The van der Waals surface area contributed by atoms with E-state index in [0.29, 0.717) is 10.8 Å². The second-order valence-corrected chi connectivity index (χ2v) is 3.82. The van der Waals surface area contributed by atoms with E-state index in [2.05, 4.69) is 25.3 Å². The Morgan fingerprint density at radius 1 is 1.33 bits per heavy atom. The van der Waals surface area contributed by atoms with Gasteiger partial charge in [0.1, 0.15) is 12.1 Å². The monoisotopic (exact) mass is 265 g/mol. The van der Waals surface area contributed by atoms with Gasteiger partial charge in [0.15, 0.2) is 5.82 Å². The van der Waals surface area contributed by atoms with Gasteiger partial charge in [-0.3, -0.25) is 5.10 Å². The minimum atomic E-state index is -0.532. The number of halogens is 2. The Labute approximate surface area is 105 Å². The lowest BCUT2D eigenvalue weighted by Gasteiger charge is -1.96. The van der Waals surface area contributed by atoms with Gasteiger partial charge in [-0.2, -0.15) is 10.1 Å². The molecule has 1 N–H and O–H groups in total. The van der Waals surface area contributed by atoms with Crippen molar-refractivity contribution in [2.24, 2.45) is 0 Å². The number of aromatic nitrogens is 5. The summed E-state index contributed by atoms with van der Waals surface area (Å²) in [4.78, 5) is 7.88. The summed E-state index contributed by atoms with van der Waals surface area (Å²) in [5.41, 5.74) is 0.178. The largest absolute Gasteiger partial charge is 0.333 e. The maximum Gasteiger partial charge on any atom is 0.261 e. The summed E-state index contributed by atoms with van der Waals surface area (Å²) >= 11 is 5.66. The first-order valence-corrected chi connectivity index (χ1v) is 5.27. The van der Waals surface area contributed by atoms with Crippen LogP contribution < -0.4 is 0 Å².